The molecule has 0 bridgehead atoms. The minimum atomic E-state index is -4.80. The van der Waals surface area contributed by atoms with Gasteiger partial charge in [0.25, 0.3) is 10.1 Å². The smallest absolute Gasteiger partial charge is 0.300 e. The highest BCUT2D eigenvalue weighted by atomic mass is 32.2. The first kappa shape index (κ1) is 27.2. The summed E-state index contributed by atoms with van der Waals surface area (Å²) in [5.41, 5.74) is -0.550. The van der Waals surface area contributed by atoms with Crippen molar-refractivity contribution < 1.29 is 36.1 Å². The van der Waals surface area contributed by atoms with E-state index in [1.165, 1.54) is 24.3 Å². The van der Waals surface area contributed by atoms with Gasteiger partial charge in [-0.2, -0.15) is 8.42 Å². The van der Waals surface area contributed by atoms with Crippen molar-refractivity contribution in [2.45, 2.75) is 13.8 Å². The molecule has 14 heteroatoms. The SMILES string of the molecule is Cc1ccc2c(c1)c(=O)c1cc3c(cc1n2C(=O)CS(=O)(=O)O)c(=O)c1cc(C)ccc1n3C(=O)C(=O)S(=O)O. The molecule has 1 atom stereocenters. The minimum absolute atomic E-state index is 0.000265. The molecule has 2 N–H and O–H groups in total. The maximum Gasteiger partial charge on any atom is 0.334 e. The number of aromatic nitrogens is 2. The molecule has 204 valence electrons. The van der Waals surface area contributed by atoms with E-state index in [1.807, 2.05) is 0 Å². The van der Waals surface area contributed by atoms with Gasteiger partial charge >= 0.3 is 11.0 Å². The average molecular weight is 583 g/mol. The molecule has 0 radical (unpaired) electrons. The van der Waals surface area contributed by atoms with Gasteiger partial charge in [-0.15, -0.1) is 0 Å². The number of carbonyl (C=O) groups excluding carboxylic acids is 3. The summed E-state index contributed by atoms with van der Waals surface area (Å²) in [6.45, 7) is 3.35. The zero-order valence-corrected chi connectivity index (χ0v) is 22.3. The van der Waals surface area contributed by atoms with Crippen molar-refractivity contribution in [3.05, 3.63) is 80.1 Å². The second kappa shape index (κ2) is 9.38. The number of fused-ring (bicyclic) bond motifs is 4. The van der Waals surface area contributed by atoms with E-state index < -0.39 is 54.7 Å². The van der Waals surface area contributed by atoms with Crippen LogP contribution in [0.1, 0.15) is 20.7 Å². The summed E-state index contributed by atoms with van der Waals surface area (Å²) >= 11 is -3.19. The highest BCUT2D eigenvalue weighted by Crippen LogP contribution is 2.27. The fourth-order valence-corrected chi connectivity index (χ4v) is 5.47. The van der Waals surface area contributed by atoms with E-state index >= 15 is 0 Å². The van der Waals surface area contributed by atoms with Crippen molar-refractivity contribution in [1.29, 1.82) is 0 Å². The lowest BCUT2D eigenvalue weighted by Gasteiger charge is -2.17. The van der Waals surface area contributed by atoms with Gasteiger partial charge in [-0.25, -0.2) is 4.21 Å². The van der Waals surface area contributed by atoms with Crippen molar-refractivity contribution in [2.75, 3.05) is 5.75 Å². The Morgan fingerprint density at radius 3 is 1.62 bits per heavy atom. The maximum atomic E-state index is 13.6. The van der Waals surface area contributed by atoms with Crippen LogP contribution in [0.5, 0.6) is 0 Å². The Morgan fingerprint density at radius 1 is 0.750 bits per heavy atom. The number of rotatable bonds is 2. The Balaban J connectivity index is 2.07. The van der Waals surface area contributed by atoms with E-state index in [-0.39, 0.29) is 43.6 Å². The van der Waals surface area contributed by atoms with Crippen molar-refractivity contribution in [3.8, 4) is 0 Å². The van der Waals surface area contributed by atoms with Gasteiger partial charge in [-0.1, -0.05) is 23.3 Å². The van der Waals surface area contributed by atoms with Crippen LogP contribution in [0.3, 0.4) is 0 Å². The first-order valence-corrected chi connectivity index (χ1v) is 14.2. The van der Waals surface area contributed by atoms with Crippen LogP contribution >= 0.6 is 0 Å². The second-order valence-electron chi connectivity index (χ2n) is 9.22. The van der Waals surface area contributed by atoms with E-state index in [0.29, 0.717) is 11.1 Å². The molecule has 3 aromatic carbocycles. The van der Waals surface area contributed by atoms with Gasteiger partial charge in [-0.05, 0) is 50.2 Å². The number of pyridine rings is 2. The molecular formula is C26H18N2O10S2. The quantitative estimate of drug-likeness (QED) is 0.135. The van der Waals surface area contributed by atoms with Gasteiger partial charge in [0.15, 0.2) is 16.6 Å². The van der Waals surface area contributed by atoms with Gasteiger partial charge in [0, 0.05) is 21.5 Å². The van der Waals surface area contributed by atoms with E-state index in [0.717, 1.165) is 21.3 Å². The van der Waals surface area contributed by atoms with Crippen LogP contribution in [0.15, 0.2) is 58.1 Å². The molecule has 5 rings (SSSR count). The van der Waals surface area contributed by atoms with Crippen molar-refractivity contribution in [3.63, 3.8) is 0 Å². The van der Waals surface area contributed by atoms with Crippen molar-refractivity contribution in [1.82, 2.24) is 9.13 Å². The van der Waals surface area contributed by atoms with Gasteiger partial charge in [0.05, 0.1) is 22.1 Å². The maximum absolute atomic E-state index is 13.6. The fourth-order valence-electron chi connectivity index (χ4n) is 4.79. The lowest BCUT2D eigenvalue weighted by Crippen LogP contribution is -2.28. The molecule has 40 heavy (non-hydrogen) atoms. The summed E-state index contributed by atoms with van der Waals surface area (Å²) in [6, 6.07) is 11.0. The standard InChI is InChI=1S/C26H18N2O10S2/c1-12-3-5-18-14(7-12)23(30)16-10-21-17(9-20(16)27(18)22(29)11-40(36,37)38)24(31)15-8-13(2)4-6-19(15)28(21)25(32)26(33)39(34)35/h3-10H,11H2,1-2H3,(H,34,35)(H,36,37,38). The number of hydrogen-bond acceptors (Lipinski definition) is 8. The molecular weight excluding hydrogens is 564 g/mol. The van der Waals surface area contributed by atoms with E-state index in [9.17, 15) is 45.7 Å². The third-order valence-electron chi connectivity index (χ3n) is 6.45. The summed E-state index contributed by atoms with van der Waals surface area (Å²) < 4.78 is 55.0. The average Bonchev–Trinajstić information content (AvgIpc) is 2.87. The fraction of sp³-hybridized carbons (Fsp3) is 0.115. The summed E-state index contributed by atoms with van der Waals surface area (Å²) in [6.07, 6.45) is 0. The first-order chi connectivity index (χ1) is 18.7. The Labute approximate surface area is 226 Å². The Bertz CT molecular complexity index is 2260. The highest BCUT2D eigenvalue weighted by Gasteiger charge is 2.27. The number of benzene rings is 3. The topological polar surface area (TPSA) is 187 Å². The molecule has 2 aromatic heterocycles. The minimum Gasteiger partial charge on any atom is -0.300 e. The van der Waals surface area contributed by atoms with Crippen LogP contribution < -0.4 is 10.9 Å². The van der Waals surface area contributed by atoms with Gasteiger partial charge in [-0.3, -0.25) is 42.2 Å². The summed E-state index contributed by atoms with van der Waals surface area (Å²) in [5, 5.41) is -2.18. The second-order valence-corrected chi connectivity index (χ2v) is 11.5. The van der Waals surface area contributed by atoms with E-state index in [1.54, 1.807) is 26.0 Å². The summed E-state index contributed by atoms with van der Waals surface area (Å²) in [5.74, 6) is -3.90. The molecule has 0 amide bonds. The number of aryl methyl sites for hydroxylation is 2. The Morgan fingerprint density at radius 2 is 1.18 bits per heavy atom. The molecule has 0 aliphatic heterocycles. The summed E-state index contributed by atoms with van der Waals surface area (Å²) in [7, 11) is -4.80. The third-order valence-corrected chi connectivity index (χ3v) is 7.56. The highest BCUT2D eigenvalue weighted by molar-refractivity contribution is 7.97. The molecule has 0 aliphatic rings. The monoisotopic (exact) mass is 582 g/mol. The molecule has 2 heterocycles. The molecule has 0 saturated carbocycles. The molecule has 0 aliphatic carbocycles. The Kier molecular flexibility index (Phi) is 6.38. The van der Waals surface area contributed by atoms with E-state index in [4.69, 9.17) is 0 Å². The van der Waals surface area contributed by atoms with Crippen molar-refractivity contribution in [2.24, 2.45) is 0 Å². The molecule has 0 spiro atoms. The molecule has 0 saturated heterocycles. The molecule has 1 unspecified atom stereocenters. The third kappa shape index (κ3) is 4.36. The zero-order valence-electron chi connectivity index (χ0n) is 20.7. The Hall–Kier alpha value is -4.37. The van der Waals surface area contributed by atoms with Crippen LogP contribution in [0.25, 0.3) is 43.6 Å². The molecule has 0 fully saturated rings. The van der Waals surface area contributed by atoms with Crippen LogP contribution in [0.2, 0.25) is 0 Å². The van der Waals surface area contributed by atoms with E-state index in [2.05, 4.69) is 0 Å². The zero-order chi connectivity index (χ0) is 29.3. The summed E-state index contributed by atoms with van der Waals surface area (Å²) in [4.78, 5) is 65.9. The van der Waals surface area contributed by atoms with Gasteiger partial charge < -0.3 is 0 Å². The number of nitrogens with zero attached hydrogens (tertiary/aromatic N) is 2. The molecule has 5 aromatic rings. The predicted molar refractivity (Wildman–Crippen MR) is 148 cm³/mol. The lowest BCUT2D eigenvalue weighted by molar-refractivity contribution is -0.108. The molecule has 12 nitrogen and oxygen atoms in total. The van der Waals surface area contributed by atoms with Crippen LogP contribution in [-0.4, -0.2) is 53.5 Å². The predicted octanol–water partition coefficient (Wildman–Crippen LogP) is 2.16. The van der Waals surface area contributed by atoms with Crippen LogP contribution in [-0.2, 0) is 26.0 Å². The van der Waals surface area contributed by atoms with Crippen molar-refractivity contribution >= 4 is 81.7 Å². The lowest BCUT2D eigenvalue weighted by atomic mass is 10.0. The first-order valence-electron chi connectivity index (χ1n) is 11.5. The number of hydrogen-bond donors (Lipinski definition) is 2. The van der Waals surface area contributed by atoms with Gasteiger partial charge in [0.2, 0.25) is 17.0 Å². The largest absolute Gasteiger partial charge is 0.334 e. The number of carbonyl (C=O) groups is 3. The normalized spacial score (nSPS) is 12.8. The van der Waals surface area contributed by atoms with Gasteiger partial charge in [0.1, 0.15) is 0 Å². The van der Waals surface area contributed by atoms with Crippen LogP contribution in [0.4, 0.5) is 0 Å². The van der Waals surface area contributed by atoms with Crippen LogP contribution in [0, 0.1) is 13.8 Å².